The number of cyclic esters (lactones) is 1. The third-order valence-electron chi connectivity index (χ3n) is 7.91. The largest absolute Gasteiger partial charge is 0.481 e. The summed E-state index contributed by atoms with van der Waals surface area (Å²) in [6.45, 7) is 3.13. The van der Waals surface area contributed by atoms with Gasteiger partial charge in [0.25, 0.3) is 0 Å². The van der Waals surface area contributed by atoms with Crippen molar-refractivity contribution in [2.24, 2.45) is 5.73 Å². The Labute approximate surface area is 263 Å². The molecule has 14 heteroatoms. The number of halogens is 1. The van der Waals surface area contributed by atoms with Crippen LogP contribution in [0.2, 0.25) is 0 Å². The molecule has 2 aliphatic heterocycles. The summed E-state index contributed by atoms with van der Waals surface area (Å²) in [6.07, 6.45) is 3.85. The number of nitrogens with zero attached hydrogens (tertiary/aromatic N) is 1. The van der Waals surface area contributed by atoms with Gasteiger partial charge in [0.15, 0.2) is 6.73 Å². The predicted molar refractivity (Wildman–Crippen MR) is 159 cm³/mol. The lowest BCUT2D eigenvalue weighted by molar-refractivity contribution is -0.273. The van der Waals surface area contributed by atoms with Gasteiger partial charge in [0, 0.05) is 12.5 Å². The number of unbranched alkanes of at least 4 members (excludes halogenated alkanes) is 3. The van der Waals surface area contributed by atoms with Crippen molar-refractivity contribution in [1.29, 1.82) is 0 Å². The molecule has 1 fully saturated rings. The topological polar surface area (TPSA) is 184 Å². The average molecular weight is 642 g/mol. The number of hydrogen-bond donors (Lipinski definition) is 3. The lowest BCUT2D eigenvalue weighted by atomic mass is 9.64. The summed E-state index contributed by atoms with van der Waals surface area (Å²) in [5, 5.41) is 13.5. The zero-order valence-corrected chi connectivity index (χ0v) is 26.1. The second-order valence-electron chi connectivity index (χ2n) is 11.0. The minimum Gasteiger partial charge on any atom is -0.481 e. The van der Waals surface area contributed by atoms with E-state index in [1.807, 2.05) is 13.8 Å². The van der Waals surface area contributed by atoms with Crippen LogP contribution in [0.4, 0.5) is 0 Å². The molecule has 1 saturated heterocycles. The number of carbonyl (C=O) groups excluding carboxylic acids is 4. The zero-order chi connectivity index (χ0) is 31.4. The number of nitrogens with two attached hydrogens (primary N) is 1. The van der Waals surface area contributed by atoms with E-state index in [4.69, 9.17) is 25.1 Å². The van der Waals surface area contributed by atoms with Gasteiger partial charge in [0.1, 0.15) is 11.5 Å². The fourth-order valence-electron chi connectivity index (χ4n) is 5.87. The number of hydrogen-bond acceptors (Lipinski definition) is 12. The summed E-state index contributed by atoms with van der Waals surface area (Å²) in [7, 11) is 0. The maximum atomic E-state index is 14.6. The van der Waals surface area contributed by atoms with Crippen molar-refractivity contribution in [2.45, 2.75) is 108 Å². The molecule has 246 valence electrons. The second-order valence-corrected chi connectivity index (χ2v) is 11.0. The van der Waals surface area contributed by atoms with Crippen molar-refractivity contribution in [2.75, 3.05) is 13.3 Å². The molecule has 13 nitrogen and oxygen atoms in total. The van der Waals surface area contributed by atoms with E-state index >= 15 is 0 Å². The van der Waals surface area contributed by atoms with E-state index in [9.17, 15) is 29.1 Å². The number of esters is 1. The molecule has 1 aromatic carbocycles. The van der Waals surface area contributed by atoms with Crippen LogP contribution < -0.4 is 11.1 Å². The molecule has 0 amide bonds. The number of fused-ring (bicyclic) bond motifs is 4. The molecule has 2 aliphatic rings. The number of aliphatic carboxylic acids is 1. The van der Waals surface area contributed by atoms with E-state index in [1.165, 1.54) is 0 Å². The van der Waals surface area contributed by atoms with E-state index in [2.05, 4.69) is 5.32 Å². The summed E-state index contributed by atoms with van der Waals surface area (Å²) < 4.78 is 5.41. The first kappa shape index (κ1) is 36.9. The number of hydroxylamine groups is 2. The highest BCUT2D eigenvalue weighted by Gasteiger charge is 2.59. The molecule has 0 aromatic heterocycles. The Hall–Kier alpha value is -3.26. The number of rotatable bonds is 12. The minimum absolute atomic E-state index is 0. The van der Waals surface area contributed by atoms with Crippen LogP contribution in [-0.2, 0) is 55.2 Å². The Bertz CT molecular complexity index is 1150. The van der Waals surface area contributed by atoms with Gasteiger partial charge in [-0.25, -0.2) is 24.2 Å². The quantitative estimate of drug-likeness (QED) is 0.131. The van der Waals surface area contributed by atoms with Gasteiger partial charge in [0.2, 0.25) is 0 Å². The third kappa shape index (κ3) is 9.13. The third-order valence-corrected chi connectivity index (χ3v) is 7.91. The SMILES string of the molecule is CCCCCC(=O)OOC(=O)C12c3ccccc3CC(N)C(=O)ON(COC(=O)CNC1CCC)C2CCCCC(=O)O.Cl. The lowest BCUT2D eigenvalue weighted by Gasteiger charge is -2.46. The Morgan fingerprint density at radius 2 is 1.77 bits per heavy atom. The Morgan fingerprint density at radius 3 is 2.48 bits per heavy atom. The van der Waals surface area contributed by atoms with Crippen LogP contribution in [0.5, 0.6) is 0 Å². The Kier molecular flexibility index (Phi) is 15.0. The molecule has 0 saturated carbocycles. The second kappa shape index (κ2) is 17.9. The number of carboxylic acids is 1. The first-order valence-electron chi connectivity index (χ1n) is 15.0. The van der Waals surface area contributed by atoms with Crippen LogP contribution in [0.15, 0.2) is 24.3 Å². The van der Waals surface area contributed by atoms with E-state index in [0.29, 0.717) is 36.8 Å². The summed E-state index contributed by atoms with van der Waals surface area (Å²) in [5.41, 5.74) is 5.56. The predicted octanol–water partition coefficient (Wildman–Crippen LogP) is 2.86. The van der Waals surface area contributed by atoms with Crippen molar-refractivity contribution in [3.8, 4) is 0 Å². The molecule has 3 rings (SSSR count). The monoisotopic (exact) mass is 641 g/mol. The maximum Gasteiger partial charge on any atom is 0.369 e. The van der Waals surface area contributed by atoms with E-state index in [-0.39, 0.29) is 51.1 Å². The first-order valence-corrected chi connectivity index (χ1v) is 15.0. The molecule has 2 heterocycles. The maximum absolute atomic E-state index is 14.6. The van der Waals surface area contributed by atoms with Gasteiger partial charge in [-0.05, 0) is 43.2 Å². The first-order chi connectivity index (χ1) is 20.6. The Balaban J connectivity index is 0.00000675. The van der Waals surface area contributed by atoms with Crippen molar-refractivity contribution >= 4 is 42.3 Å². The van der Waals surface area contributed by atoms with Crippen LogP contribution in [0, 0.1) is 0 Å². The molecule has 4 N–H and O–H groups in total. The van der Waals surface area contributed by atoms with Gasteiger partial charge in [-0.2, -0.15) is 0 Å². The molecule has 0 radical (unpaired) electrons. The molecule has 0 spiro atoms. The normalized spacial score (nSPS) is 25.1. The number of nitrogens with one attached hydrogen (secondary N) is 1. The zero-order valence-electron chi connectivity index (χ0n) is 25.3. The molecule has 44 heavy (non-hydrogen) atoms. The fourth-order valence-corrected chi connectivity index (χ4v) is 5.87. The van der Waals surface area contributed by atoms with Gasteiger partial charge < -0.3 is 25.7 Å². The van der Waals surface area contributed by atoms with E-state index in [0.717, 1.165) is 17.9 Å². The average Bonchev–Trinajstić information content (AvgIpc) is 3.05. The lowest BCUT2D eigenvalue weighted by Crippen LogP contribution is -2.65. The van der Waals surface area contributed by atoms with Crippen LogP contribution >= 0.6 is 12.4 Å². The van der Waals surface area contributed by atoms with Crippen LogP contribution in [0.1, 0.15) is 89.2 Å². The summed E-state index contributed by atoms with van der Waals surface area (Å²) in [5.74, 6) is -4.06. The Morgan fingerprint density at radius 1 is 1.05 bits per heavy atom. The van der Waals surface area contributed by atoms with Crippen molar-refractivity contribution in [3.05, 3.63) is 35.4 Å². The summed E-state index contributed by atoms with van der Waals surface area (Å²) in [4.78, 5) is 80.5. The summed E-state index contributed by atoms with van der Waals surface area (Å²) in [6, 6.07) is 4.02. The van der Waals surface area contributed by atoms with Crippen LogP contribution in [0.3, 0.4) is 0 Å². The van der Waals surface area contributed by atoms with Crippen LogP contribution in [0.25, 0.3) is 0 Å². The summed E-state index contributed by atoms with van der Waals surface area (Å²) >= 11 is 0. The van der Waals surface area contributed by atoms with Gasteiger partial charge >= 0.3 is 29.8 Å². The molecular formula is C30H44ClN3O10. The van der Waals surface area contributed by atoms with Crippen molar-refractivity contribution < 1.29 is 48.4 Å². The molecule has 5 atom stereocenters. The smallest absolute Gasteiger partial charge is 0.369 e. The number of ether oxygens (including phenoxy) is 1. The molecular weight excluding hydrogens is 598 g/mol. The molecule has 2 bridgehead atoms. The minimum atomic E-state index is -1.72. The van der Waals surface area contributed by atoms with E-state index < -0.39 is 60.1 Å². The van der Waals surface area contributed by atoms with Crippen molar-refractivity contribution in [1.82, 2.24) is 10.4 Å². The number of carboxylic acid groups (broad SMARTS) is 1. The molecule has 5 unspecified atom stereocenters. The van der Waals surface area contributed by atoms with E-state index in [1.54, 1.807) is 24.3 Å². The van der Waals surface area contributed by atoms with Gasteiger partial charge in [-0.1, -0.05) is 68.9 Å². The molecule has 1 aromatic rings. The fraction of sp³-hybridized carbons (Fsp3) is 0.633. The highest BCUT2D eigenvalue weighted by molar-refractivity contribution is 5.87. The highest BCUT2D eigenvalue weighted by Crippen LogP contribution is 2.43. The van der Waals surface area contributed by atoms with Crippen LogP contribution in [-0.4, -0.2) is 71.4 Å². The van der Waals surface area contributed by atoms with Crippen molar-refractivity contribution in [3.63, 3.8) is 0 Å². The van der Waals surface area contributed by atoms with Gasteiger partial charge in [0.05, 0.1) is 19.0 Å². The standard InChI is InChI=1S/C30H43N3O10.ClH/c1-3-5-6-16-26(36)42-43-29(39)30-21-13-8-7-12-20(21)17-22(31)28(38)41-33(24(30)14-9-10-15-25(34)35)19-40-27(37)18-32-23(30)11-4-2;/h7-8,12-13,22-24,32H,3-6,9-11,14-19,31H2,1-2H3,(H,34,35);1H. The molecule has 0 aliphatic carbocycles. The van der Waals surface area contributed by atoms with Gasteiger partial charge in [-0.3, -0.25) is 9.59 Å². The highest BCUT2D eigenvalue weighted by atomic mass is 35.5. The number of carbonyl (C=O) groups is 5. The van der Waals surface area contributed by atoms with Gasteiger partial charge in [-0.15, -0.1) is 12.4 Å². The number of benzene rings is 1.